The van der Waals surface area contributed by atoms with Crippen LogP contribution >= 0.6 is 0 Å². The molecule has 0 atom stereocenters. The van der Waals surface area contributed by atoms with E-state index in [0.717, 1.165) is 26.2 Å². The highest BCUT2D eigenvalue weighted by Gasteiger charge is 2.36. The molecule has 2 rings (SSSR count). The van der Waals surface area contributed by atoms with Crippen LogP contribution in [0.15, 0.2) is 0 Å². The average molecular weight is 224 g/mol. The molecule has 16 heavy (non-hydrogen) atoms. The fraction of sp³-hybridized carbons (Fsp3) is 1.00. The van der Waals surface area contributed by atoms with Crippen LogP contribution in [0.5, 0.6) is 0 Å². The minimum Gasteiger partial charge on any atom is -0.315 e. The molecule has 0 radical (unpaired) electrons. The molecule has 0 unspecified atom stereocenters. The van der Waals surface area contributed by atoms with E-state index >= 15 is 0 Å². The highest BCUT2D eigenvalue weighted by atomic mass is 15.5. The Hall–Kier alpha value is -0.110. The van der Waals surface area contributed by atoms with Crippen molar-refractivity contribution in [2.45, 2.75) is 0 Å². The number of likely N-dealkylation sites (N-methyl/N-ethyl adjacent to an activating group) is 4. The second-order valence-electron chi connectivity index (χ2n) is 4.96. The summed E-state index contributed by atoms with van der Waals surface area (Å²) in [7, 11) is 9.16. The Morgan fingerprint density at radius 2 is 0.875 bits per heavy atom. The molecule has 2 fully saturated rings. The van der Waals surface area contributed by atoms with Crippen molar-refractivity contribution >= 4 is 14.2 Å². The fourth-order valence-corrected chi connectivity index (χ4v) is 2.38. The summed E-state index contributed by atoms with van der Waals surface area (Å²) in [5.41, 5.74) is 0. The molecule has 2 aliphatic heterocycles. The third-order valence-electron chi connectivity index (χ3n) is 3.62. The van der Waals surface area contributed by atoms with Crippen molar-refractivity contribution in [3.8, 4) is 0 Å². The Balaban J connectivity index is 1.82. The highest BCUT2D eigenvalue weighted by molar-refractivity contribution is 6.55. The normalized spacial score (nSPS) is 26.2. The highest BCUT2D eigenvalue weighted by Crippen LogP contribution is 2.04. The SMILES string of the molecule is CN1CCN(C)B1NNB1N(C)CCN1C. The topological polar surface area (TPSA) is 37.0 Å². The van der Waals surface area contributed by atoms with Crippen LogP contribution in [-0.4, -0.2) is 87.8 Å². The molecule has 0 bridgehead atoms. The van der Waals surface area contributed by atoms with Gasteiger partial charge in [-0.3, -0.25) is 10.7 Å². The zero-order valence-electron chi connectivity index (χ0n) is 10.8. The van der Waals surface area contributed by atoms with Crippen LogP contribution in [0.4, 0.5) is 0 Å². The Morgan fingerprint density at radius 3 is 1.12 bits per heavy atom. The third-order valence-corrected chi connectivity index (χ3v) is 3.62. The van der Waals surface area contributed by atoms with Crippen molar-refractivity contribution in [2.24, 2.45) is 0 Å². The first-order valence-electron chi connectivity index (χ1n) is 5.91. The van der Waals surface area contributed by atoms with Crippen molar-refractivity contribution in [2.75, 3.05) is 54.4 Å². The molecule has 2 heterocycles. The maximum absolute atomic E-state index is 3.40. The van der Waals surface area contributed by atoms with E-state index in [1.165, 1.54) is 0 Å². The molecule has 2 saturated heterocycles. The molecule has 0 aromatic rings. The third kappa shape index (κ3) is 2.42. The van der Waals surface area contributed by atoms with Crippen molar-refractivity contribution in [1.82, 2.24) is 29.9 Å². The molecule has 0 amide bonds. The minimum absolute atomic E-state index is 0.294. The van der Waals surface area contributed by atoms with Gasteiger partial charge in [0.25, 0.3) is 0 Å². The van der Waals surface area contributed by atoms with Crippen LogP contribution in [0, 0.1) is 0 Å². The van der Waals surface area contributed by atoms with E-state index in [4.69, 9.17) is 0 Å². The molecule has 0 spiro atoms. The average Bonchev–Trinajstić information content (AvgIpc) is 2.72. The second-order valence-corrected chi connectivity index (χ2v) is 4.96. The van der Waals surface area contributed by atoms with Crippen molar-refractivity contribution in [1.29, 1.82) is 0 Å². The van der Waals surface area contributed by atoms with Crippen LogP contribution in [0.1, 0.15) is 0 Å². The first-order valence-corrected chi connectivity index (χ1v) is 5.91. The van der Waals surface area contributed by atoms with Gasteiger partial charge in [-0.2, -0.15) is 0 Å². The van der Waals surface area contributed by atoms with Gasteiger partial charge in [-0.15, -0.1) is 0 Å². The zero-order valence-corrected chi connectivity index (χ0v) is 10.8. The number of hydrazine groups is 1. The Morgan fingerprint density at radius 1 is 0.625 bits per heavy atom. The van der Waals surface area contributed by atoms with Crippen LogP contribution in [0.3, 0.4) is 0 Å². The Kier molecular flexibility index (Phi) is 3.88. The molecule has 0 aliphatic carbocycles. The summed E-state index contributed by atoms with van der Waals surface area (Å²) < 4.78 is 0. The molecule has 0 aromatic heterocycles. The van der Waals surface area contributed by atoms with Gasteiger partial charge in [-0.1, -0.05) is 0 Å². The predicted octanol–water partition coefficient (Wildman–Crippen LogP) is -2.20. The van der Waals surface area contributed by atoms with Gasteiger partial charge in [-0.25, -0.2) is 0 Å². The first kappa shape index (κ1) is 12.3. The van der Waals surface area contributed by atoms with E-state index in [1.54, 1.807) is 0 Å². The molecule has 2 aliphatic rings. The summed E-state index contributed by atoms with van der Waals surface area (Å²) in [5.74, 6) is 0. The lowest BCUT2D eigenvalue weighted by Crippen LogP contribution is -2.66. The van der Waals surface area contributed by atoms with Gasteiger partial charge in [0.05, 0.1) is 0 Å². The first-order chi connectivity index (χ1) is 7.59. The minimum atomic E-state index is 0.294. The lowest BCUT2D eigenvalue weighted by molar-refractivity contribution is 0.533. The molecule has 0 aromatic carbocycles. The monoisotopic (exact) mass is 224 g/mol. The lowest BCUT2D eigenvalue weighted by Gasteiger charge is -2.26. The molecule has 90 valence electrons. The van der Waals surface area contributed by atoms with E-state index in [0.29, 0.717) is 14.2 Å². The smallest absolute Gasteiger partial charge is 0.315 e. The molecule has 0 saturated carbocycles. The molecule has 6 nitrogen and oxygen atoms in total. The quantitative estimate of drug-likeness (QED) is 0.418. The maximum Gasteiger partial charge on any atom is 0.413 e. The Bertz CT molecular complexity index is 199. The predicted molar refractivity (Wildman–Crippen MR) is 68.3 cm³/mol. The number of nitrogens with zero attached hydrogens (tertiary/aromatic N) is 4. The summed E-state index contributed by atoms with van der Waals surface area (Å²) >= 11 is 0. The van der Waals surface area contributed by atoms with Crippen LogP contribution in [0.25, 0.3) is 0 Å². The maximum atomic E-state index is 3.40. The fourth-order valence-electron chi connectivity index (χ4n) is 2.38. The molecule has 8 heteroatoms. The van der Waals surface area contributed by atoms with Crippen LogP contribution < -0.4 is 10.7 Å². The van der Waals surface area contributed by atoms with Crippen LogP contribution in [0.2, 0.25) is 0 Å². The van der Waals surface area contributed by atoms with Crippen molar-refractivity contribution in [3.05, 3.63) is 0 Å². The largest absolute Gasteiger partial charge is 0.413 e. The van der Waals surface area contributed by atoms with Gasteiger partial charge in [-0.05, 0) is 28.2 Å². The van der Waals surface area contributed by atoms with E-state index in [-0.39, 0.29) is 0 Å². The van der Waals surface area contributed by atoms with Gasteiger partial charge in [0, 0.05) is 26.2 Å². The van der Waals surface area contributed by atoms with E-state index in [9.17, 15) is 0 Å². The zero-order chi connectivity index (χ0) is 11.7. The van der Waals surface area contributed by atoms with Gasteiger partial charge in [0.1, 0.15) is 0 Å². The Labute approximate surface area is 99.2 Å². The van der Waals surface area contributed by atoms with Crippen molar-refractivity contribution < 1.29 is 0 Å². The van der Waals surface area contributed by atoms with Crippen LogP contribution in [-0.2, 0) is 0 Å². The summed E-state index contributed by atoms with van der Waals surface area (Å²) in [5, 5.41) is 6.80. The number of rotatable bonds is 3. The van der Waals surface area contributed by atoms with E-state index in [2.05, 4.69) is 58.1 Å². The van der Waals surface area contributed by atoms with Crippen molar-refractivity contribution in [3.63, 3.8) is 0 Å². The van der Waals surface area contributed by atoms with E-state index in [1.807, 2.05) is 0 Å². The van der Waals surface area contributed by atoms with E-state index < -0.39 is 0 Å². The summed E-state index contributed by atoms with van der Waals surface area (Å²) in [4.78, 5) is 9.23. The summed E-state index contributed by atoms with van der Waals surface area (Å²) in [6, 6.07) is 0. The van der Waals surface area contributed by atoms with Gasteiger partial charge < -0.3 is 19.2 Å². The number of nitrogens with one attached hydrogen (secondary N) is 2. The molecular formula is C8H22B2N6. The molecule has 2 N–H and O–H groups in total. The second kappa shape index (κ2) is 5.03. The van der Waals surface area contributed by atoms with Gasteiger partial charge in [0.2, 0.25) is 0 Å². The van der Waals surface area contributed by atoms with Gasteiger partial charge >= 0.3 is 14.2 Å². The standard InChI is InChI=1S/C8H22B2N6/c1-13-5-6-14(2)9(13)11-12-10-15(3)7-8-16(10)4/h11-12H,5-8H2,1-4H3. The summed E-state index contributed by atoms with van der Waals surface area (Å²) in [6.07, 6.45) is 0. The molecular weight excluding hydrogens is 202 g/mol. The lowest BCUT2D eigenvalue weighted by atomic mass is 9.89. The number of hydrogen-bond donors (Lipinski definition) is 2. The van der Waals surface area contributed by atoms with Gasteiger partial charge in [0.15, 0.2) is 0 Å². The number of hydrogen-bond acceptors (Lipinski definition) is 6. The summed E-state index contributed by atoms with van der Waals surface area (Å²) in [6.45, 7) is 4.47.